The number of quaternary nitrogens is 1. The van der Waals surface area contributed by atoms with Gasteiger partial charge in [-0.2, -0.15) is 0 Å². The van der Waals surface area contributed by atoms with Gasteiger partial charge >= 0.3 is 17.9 Å². The van der Waals surface area contributed by atoms with Gasteiger partial charge in [-0.15, -0.1) is 0 Å². The molecular weight excluding hydrogens is 799 g/mol. The predicted molar refractivity (Wildman–Crippen MR) is 271 cm³/mol. The summed E-state index contributed by atoms with van der Waals surface area (Å²) in [6, 6.07) is -0.621. The highest BCUT2D eigenvalue weighted by Crippen LogP contribution is 2.15. The summed E-state index contributed by atoms with van der Waals surface area (Å²) in [6.45, 7) is 4.72. The lowest BCUT2D eigenvalue weighted by Crippen LogP contribution is -2.50. The monoisotopic (exact) mass is 901 g/mol. The van der Waals surface area contributed by atoms with E-state index in [-0.39, 0.29) is 36.2 Å². The zero-order valence-corrected chi connectivity index (χ0v) is 42.5. The summed E-state index contributed by atoms with van der Waals surface area (Å²) in [4.78, 5) is 37.2. The predicted octanol–water partition coefficient (Wildman–Crippen LogP) is 15.5. The van der Waals surface area contributed by atoms with E-state index >= 15 is 0 Å². The van der Waals surface area contributed by atoms with E-state index in [4.69, 9.17) is 14.2 Å². The number of carbonyl (C=O) groups is 3. The SMILES string of the molecule is CCCCCCC/C=C/C=C/C=C/CCCCCCCC(=O)OC(COCCC(C(=O)O)[N+](C)(C)C)COC(=O)CCCCCCCCC/C=C/CCCCCCCCCCCCC. The molecule has 0 saturated carbocycles. The Hall–Kier alpha value is -2.71. The third kappa shape index (κ3) is 44.5. The van der Waals surface area contributed by atoms with Crippen LogP contribution in [0.3, 0.4) is 0 Å². The molecule has 2 atom stereocenters. The summed E-state index contributed by atoms with van der Waals surface area (Å²) in [5.41, 5.74) is 0. The Morgan fingerprint density at radius 2 is 0.844 bits per heavy atom. The molecule has 8 heteroatoms. The number of carboxylic acid groups (broad SMARTS) is 1. The molecule has 0 aliphatic carbocycles. The van der Waals surface area contributed by atoms with Crippen LogP contribution in [0, 0.1) is 0 Å². The van der Waals surface area contributed by atoms with Gasteiger partial charge in [-0.1, -0.05) is 204 Å². The summed E-state index contributed by atoms with van der Waals surface area (Å²) >= 11 is 0. The normalized spacial score (nSPS) is 13.2. The molecule has 0 aliphatic rings. The fourth-order valence-electron chi connectivity index (χ4n) is 7.85. The number of likely N-dealkylation sites (N-methyl/N-ethyl adjacent to an activating group) is 1. The molecule has 0 amide bonds. The number of allylic oxidation sites excluding steroid dienone is 8. The van der Waals surface area contributed by atoms with Crippen molar-refractivity contribution < 1.29 is 38.2 Å². The van der Waals surface area contributed by atoms with Gasteiger partial charge in [0, 0.05) is 19.3 Å². The summed E-state index contributed by atoms with van der Waals surface area (Å²) in [5.74, 6) is -1.49. The molecule has 372 valence electrons. The second-order valence-corrected chi connectivity index (χ2v) is 19.2. The van der Waals surface area contributed by atoms with E-state index in [1.807, 2.05) is 21.1 Å². The largest absolute Gasteiger partial charge is 0.477 e. The number of carboxylic acids is 1. The van der Waals surface area contributed by atoms with Crippen LogP contribution in [-0.4, -0.2) is 80.6 Å². The van der Waals surface area contributed by atoms with Crippen LogP contribution in [0.5, 0.6) is 0 Å². The third-order valence-electron chi connectivity index (χ3n) is 12.0. The number of nitrogens with zero attached hydrogens (tertiary/aromatic N) is 1. The van der Waals surface area contributed by atoms with Crippen molar-refractivity contribution in [2.75, 3.05) is 41.0 Å². The maximum Gasteiger partial charge on any atom is 0.362 e. The first-order valence-electron chi connectivity index (χ1n) is 26.7. The third-order valence-corrected chi connectivity index (χ3v) is 12.0. The van der Waals surface area contributed by atoms with Crippen molar-refractivity contribution in [3.8, 4) is 0 Å². The smallest absolute Gasteiger partial charge is 0.362 e. The van der Waals surface area contributed by atoms with Gasteiger partial charge in [0.25, 0.3) is 0 Å². The Balaban J connectivity index is 4.25. The topological polar surface area (TPSA) is 99.1 Å². The number of rotatable bonds is 48. The van der Waals surface area contributed by atoms with Crippen LogP contribution >= 0.6 is 0 Å². The summed E-state index contributed by atoms with van der Waals surface area (Å²) < 4.78 is 17.3. The van der Waals surface area contributed by atoms with Gasteiger partial charge in [-0.05, 0) is 64.2 Å². The molecule has 0 aromatic heterocycles. The van der Waals surface area contributed by atoms with Crippen molar-refractivity contribution in [3.63, 3.8) is 0 Å². The van der Waals surface area contributed by atoms with Gasteiger partial charge in [0.15, 0.2) is 12.1 Å². The molecule has 1 N–H and O–H groups in total. The summed E-state index contributed by atoms with van der Waals surface area (Å²) in [5, 5.41) is 9.66. The summed E-state index contributed by atoms with van der Waals surface area (Å²) in [6.07, 6.45) is 57.3. The minimum atomic E-state index is -0.878. The fraction of sp³-hybridized carbons (Fsp3) is 0.804. The van der Waals surface area contributed by atoms with Gasteiger partial charge in [0.2, 0.25) is 0 Å². The van der Waals surface area contributed by atoms with Gasteiger partial charge in [0.05, 0.1) is 34.4 Å². The van der Waals surface area contributed by atoms with Gasteiger partial charge in [-0.3, -0.25) is 9.59 Å². The first kappa shape index (κ1) is 61.3. The highest BCUT2D eigenvalue weighted by molar-refractivity contribution is 5.72. The highest BCUT2D eigenvalue weighted by atomic mass is 16.6. The number of hydrogen-bond donors (Lipinski definition) is 1. The Kier molecular flexibility index (Phi) is 44.8. The molecule has 0 heterocycles. The molecule has 0 rings (SSSR count). The molecule has 0 aromatic carbocycles. The van der Waals surface area contributed by atoms with Gasteiger partial charge in [-0.25, -0.2) is 4.79 Å². The van der Waals surface area contributed by atoms with Crippen LogP contribution in [0.25, 0.3) is 0 Å². The molecule has 0 fully saturated rings. The van der Waals surface area contributed by atoms with Crippen LogP contribution in [-0.2, 0) is 28.6 Å². The van der Waals surface area contributed by atoms with Crippen molar-refractivity contribution >= 4 is 17.9 Å². The number of ether oxygens (including phenoxy) is 3. The Bertz CT molecular complexity index is 1190. The van der Waals surface area contributed by atoms with Gasteiger partial charge < -0.3 is 23.8 Å². The quantitative estimate of drug-likeness (QED) is 0.0213. The average Bonchev–Trinajstić information content (AvgIpc) is 3.26. The van der Waals surface area contributed by atoms with Crippen LogP contribution in [0.1, 0.15) is 239 Å². The zero-order valence-electron chi connectivity index (χ0n) is 42.5. The van der Waals surface area contributed by atoms with E-state index < -0.39 is 18.1 Å². The molecule has 2 unspecified atom stereocenters. The van der Waals surface area contributed by atoms with Crippen LogP contribution in [0.4, 0.5) is 0 Å². The van der Waals surface area contributed by atoms with Crippen LogP contribution < -0.4 is 0 Å². The van der Waals surface area contributed by atoms with E-state index in [9.17, 15) is 19.5 Å². The number of aliphatic carboxylic acids is 1. The van der Waals surface area contributed by atoms with E-state index in [0.717, 1.165) is 64.2 Å². The van der Waals surface area contributed by atoms with Crippen molar-refractivity contribution in [1.82, 2.24) is 0 Å². The average molecular weight is 901 g/mol. The summed E-state index contributed by atoms with van der Waals surface area (Å²) in [7, 11) is 5.53. The van der Waals surface area contributed by atoms with Crippen molar-refractivity contribution in [1.29, 1.82) is 0 Å². The highest BCUT2D eigenvalue weighted by Gasteiger charge is 2.31. The first-order valence-corrected chi connectivity index (χ1v) is 26.7. The van der Waals surface area contributed by atoms with E-state index in [2.05, 4.69) is 62.5 Å². The second kappa shape index (κ2) is 46.8. The molecule has 8 nitrogen and oxygen atoms in total. The van der Waals surface area contributed by atoms with Gasteiger partial charge in [0.1, 0.15) is 6.61 Å². The molecule has 0 bridgehead atoms. The second-order valence-electron chi connectivity index (χ2n) is 19.2. The van der Waals surface area contributed by atoms with Crippen molar-refractivity contribution in [3.05, 3.63) is 48.6 Å². The Morgan fingerprint density at radius 3 is 1.25 bits per heavy atom. The maximum atomic E-state index is 12.8. The van der Waals surface area contributed by atoms with E-state index in [1.165, 1.54) is 141 Å². The lowest BCUT2D eigenvalue weighted by atomic mass is 10.0. The van der Waals surface area contributed by atoms with Crippen LogP contribution in [0.2, 0.25) is 0 Å². The maximum absolute atomic E-state index is 12.8. The molecule has 0 saturated heterocycles. The molecule has 0 aliphatic heterocycles. The lowest BCUT2D eigenvalue weighted by molar-refractivity contribution is -0.887. The van der Waals surface area contributed by atoms with Crippen molar-refractivity contribution in [2.24, 2.45) is 0 Å². The van der Waals surface area contributed by atoms with E-state index in [1.54, 1.807) is 0 Å². The molecule has 0 spiro atoms. The standard InChI is InChI=1S/C56H101NO7/c1-6-8-10-12-14-16-18-20-22-24-26-27-28-29-31-32-34-36-38-40-42-44-46-54(58)63-51-52(50-62-49-48-53(56(60)61)57(3,4)5)64-55(59)47-45-43-41-39-37-35-33-30-25-23-21-19-17-15-13-11-9-7-2/h19,21,23,25,28-30,33,52-53H,6-18,20,22,24,26-27,31-32,34-51H2,1-5H3/p+1/b21-19+,25-23+,29-28+,33-30+. The Labute approximate surface area is 395 Å². The number of hydrogen-bond acceptors (Lipinski definition) is 6. The molecular formula is C56H102NO7+. The lowest BCUT2D eigenvalue weighted by Gasteiger charge is -2.31. The Morgan fingerprint density at radius 1 is 0.469 bits per heavy atom. The molecule has 0 aromatic rings. The molecule has 0 radical (unpaired) electrons. The first-order chi connectivity index (χ1) is 31.1. The minimum Gasteiger partial charge on any atom is -0.477 e. The molecule has 64 heavy (non-hydrogen) atoms. The number of esters is 2. The number of unbranched alkanes of at least 4 members (excludes halogenated alkanes) is 28. The van der Waals surface area contributed by atoms with Crippen molar-refractivity contribution in [2.45, 2.75) is 251 Å². The number of carbonyl (C=O) groups excluding carboxylic acids is 2. The zero-order chi connectivity index (χ0) is 47.0. The van der Waals surface area contributed by atoms with Crippen LogP contribution in [0.15, 0.2) is 48.6 Å². The minimum absolute atomic E-state index is 0.0514. The van der Waals surface area contributed by atoms with E-state index in [0.29, 0.717) is 19.3 Å². The fourth-order valence-corrected chi connectivity index (χ4v) is 7.85.